The minimum atomic E-state index is -0.631. The molecule has 1 saturated heterocycles. The van der Waals surface area contributed by atoms with Crippen LogP contribution in [0.2, 0.25) is 0 Å². The average molecular weight is 223 g/mol. The number of rotatable bonds is 3. The lowest BCUT2D eigenvalue weighted by atomic mass is 9.86. The molecule has 1 N–H and O–H groups in total. The van der Waals surface area contributed by atoms with Crippen molar-refractivity contribution in [1.29, 1.82) is 0 Å². The molecule has 16 heavy (non-hydrogen) atoms. The minimum absolute atomic E-state index is 0.262. The molecule has 2 rings (SSSR count). The molecule has 90 valence electrons. The molecule has 1 aliphatic heterocycles. The fourth-order valence-corrected chi connectivity index (χ4v) is 3.09. The van der Waals surface area contributed by atoms with Crippen molar-refractivity contribution in [1.82, 2.24) is 4.90 Å². The Bertz CT molecular complexity index is 288. The molecule has 0 saturated carbocycles. The van der Waals surface area contributed by atoms with E-state index in [1.807, 2.05) is 0 Å². The quantitative estimate of drug-likeness (QED) is 0.746. The number of nitrogens with zero attached hydrogens (tertiary/aromatic N) is 1. The topological polar surface area (TPSA) is 40.5 Å². The Labute approximate surface area is 97.1 Å². The van der Waals surface area contributed by atoms with Gasteiger partial charge in [-0.3, -0.25) is 9.69 Å². The van der Waals surface area contributed by atoms with Gasteiger partial charge >= 0.3 is 5.97 Å². The van der Waals surface area contributed by atoms with E-state index in [2.05, 4.69) is 24.0 Å². The lowest BCUT2D eigenvalue weighted by Crippen LogP contribution is -2.48. The summed E-state index contributed by atoms with van der Waals surface area (Å²) in [5.74, 6) is -0.322. The Balaban J connectivity index is 2.09. The number of carboxylic acids is 1. The molecule has 1 aliphatic carbocycles. The largest absolute Gasteiger partial charge is 0.480 e. The summed E-state index contributed by atoms with van der Waals surface area (Å²) in [5, 5.41) is 9.44. The molecule has 3 nitrogen and oxygen atoms in total. The van der Waals surface area contributed by atoms with Crippen LogP contribution in [0.3, 0.4) is 0 Å². The van der Waals surface area contributed by atoms with Crippen molar-refractivity contribution in [3.8, 4) is 0 Å². The van der Waals surface area contributed by atoms with Crippen LogP contribution in [0.15, 0.2) is 12.2 Å². The summed E-state index contributed by atoms with van der Waals surface area (Å²) in [5.41, 5.74) is 0. The van der Waals surface area contributed by atoms with Crippen molar-refractivity contribution in [2.45, 2.75) is 51.1 Å². The number of aliphatic carboxylic acids is 1. The SMILES string of the molecule is CC1CCCN1C(C(=O)O)C1CC=CCC1. The fraction of sp³-hybridized carbons (Fsp3) is 0.769. The van der Waals surface area contributed by atoms with Gasteiger partial charge in [0.2, 0.25) is 0 Å². The van der Waals surface area contributed by atoms with Crippen molar-refractivity contribution in [3.63, 3.8) is 0 Å². The Morgan fingerprint density at radius 3 is 2.75 bits per heavy atom. The Hall–Kier alpha value is -0.830. The van der Waals surface area contributed by atoms with E-state index >= 15 is 0 Å². The summed E-state index contributed by atoms with van der Waals surface area (Å²) in [7, 11) is 0. The van der Waals surface area contributed by atoms with Crippen LogP contribution in [0.25, 0.3) is 0 Å². The first-order valence-corrected chi connectivity index (χ1v) is 6.33. The smallest absolute Gasteiger partial charge is 0.321 e. The normalized spacial score (nSPS) is 32.8. The highest BCUT2D eigenvalue weighted by Crippen LogP contribution is 2.30. The Morgan fingerprint density at radius 2 is 2.25 bits per heavy atom. The van der Waals surface area contributed by atoms with E-state index in [9.17, 15) is 9.90 Å². The van der Waals surface area contributed by atoms with Gasteiger partial charge in [0.25, 0.3) is 0 Å². The average Bonchev–Trinajstić information content (AvgIpc) is 2.66. The standard InChI is InChI=1S/C13H21NO2/c1-10-6-5-9-14(10)12(13(15)16)11-7-3-2-4-8-11/h2-3,10-12H,4-9H2,1H3,(H,15,16). The molecule has 2 aliphatic rings. The predicted molar refractivity (Wildman–Crippen MR) is 63.3 cm³/mol. The monoisotopic (exact) mass is 223 g/mol. The van der Waals surface area contributed by atoms with Crippen LogP contribution in [0.4, 0.5) is 0 Å². The predicted octanol–water partition coefficient (Wildman–Crippen LogP) is 2.28. The van der Waals surface area contributed by atoms with E-state index < -0.39 is 5.97 Å². The van der Waals surface area contributed by atoms with Gasteiger partial charge in [0, 0.05) is 6.04 Å². The zero-order chi connectivity index (χ0) is 11.5. The number of allylic oxidation sites excluding steroid dienone is 2. The second-order valence-electron chi connectivity index (χ2n) is 5.06. The third-order valence-electron chi connectivity index (χ3n) is 3.97. The molecule has 3 heteroatoms. The zero-order valence-corrected chi connectivity index (χ0v) is 9.93. The number of carboxylic acid groups (broad SMARTS) is 1. The van der Waals surface area contributed by atoms with E-state index in [-0.39, 0.29) is 6.04 Å². The molecule has 0 aromatic rings. The van der Waals surface area contributed by atoms with Gasteiger partial charge in [-0.05, 0) is 51.5 Å². The van der Waals surface area contributed by atoms with Crippen LogP contribution in [0.1, 0.15) is 39.0 Å². The molecule has 0 bridgehead atoms. The lowest BCUT2D eigenvalue weighted by Gasteiger charge is -2.34. The van der Waals surface area contributed by atoms with E-state index in [1.54, 1.807) is 0 Å². The first kappa shape index (κ1) is 11.6. The van der Waals surface area contributed by atoms with E-state index in [0.29, 0.717) is 12.0 Å². The maximum Gasteiger partial charge on any atom is 0.321 e. The number of carbonyl (C=O) groups is 1. The molecule has 0 spiro atoms. The number of hydrogen-bond donors (Lipinski definition) is 1. The molecule has 0 aromatic heterocycles. The van der Waals surface area contributed by atoms with Crippen LogP contribution < -0.4 is 0 Å². The van der Waals surface area contributed by atoms with Gasteiger partial charge in [-0.2, -0.15) is 0 Å². The van der Waals surface area contributed by atoms with Gasteiger partial charge in [0.05, 0.1) is 0 Å². The second kappa shape index (κ2) is 5.00. The summed E-state index contributed by atoms with van der Waals surface area (Å²) in [6, 6.07) is 0.175. The molecule has 1 heterocycles. The Kier molecular flexibility index (Phi) is 3.64. The molecule has 1 fully saturated rings. The van der Waals surface area contributed by atoms with Crippen LogP contribution >= 0.6 is 0 Å². The molecule has 0 aromatic carbocycles. The number of likely N-dealkylation sites (tertiary alicyclic amines) is 1. The van der Waals surface area contributed by atoms with Crippen LogP contribution in [-0.2, 0) is 4.79 Å². The summed E-state index contributed by atoms with van der Waals surface area (Å²) < 4.78 is 0. The summed E-state index contributed by atoms with van der Waals surface area (Å²) in [6.07, 6.45) is 9.60. The maximum atomic E-state index is 11.5. The first-order valence-electron chi connectivity index (χ1n) is 6.33. The number of hydrogen-bond acceptors (Lipinski definition) is 2. The van der Waals surface area contributed by atoms with Gasteiger partial charge in [-0.25, -0.2) is 0 Å². The highest BCUT2D eigenvalue weighted by atomic mass is 16.4. The van der Waals surface area contributed by atoms with E-state index in [0.717, 1.165) is 38.6 Å². The van der Waals surface area contributed by atoms with Gasteiger partial charge in [-0.1, -0.05) is 12.2 Å². The maximum absolute atomic E-state index is 11.5. The van der Waals surface area contributed by atoms with Crippen molar-refractivity contribution < 1.29 is 9.90 Å². The van der Waals surface area contributed by atoms with Crippen LogP contribution in [0, 0.1) is 5.92 Å². The van der Waals surface area contributed by atoms with Crippen molar-refractivity contribution in [2.75, 3.05) is 6.54 Å². The van der Waals surface area contributed by atoms with Crippen LogP contribution in [0.5, 0.6) is 0 Å². The molecule has 0 radical (unpaired) electrons. The highest BCUT2D eigenvalue weighted by Gasteiger charge is 2.37. The third-order valence-corrected chi connectivity index (χ3v) is 3.97. The molecular weight excluding hydrogens is 202 g/mol. The Morgan fingerprint density at radius 1 is 1.44 bits per heavy atom. The third kappa shape index (κ3) is 2.29. The van der Waals surface area contributed by atoms with Gasteiger partial charge in [0.1, 0.15) is 6.04 Å². The first-order chi connectivity index (χ1) is 7.70. The molecule has 0 amide bonds. The summed E-state index contributed by atoms with van der Waals surface area (Å²) in [4.78, 5) is 13.7. The highest BCUT2D eigenvalue weighted by molar-refractivity contribution is 5.74. The van der Waals surface area contributed by atoms with Crippen molar-refractivity contribution in [3.05, 3.63) is 12.2 Å². The van der Waals surface area contributed by atoms with Gasteiger partial charge in [-0.15, -0.1) is 0 Å². The zero-order valence-electron chi connectivity index (χ0n) is 9.93. The molecular formula is C13H21NO2. The van der Waals surface area contributed by atoms with E-state index in [4.69, 9.17) is 0 Å². The fourth-order valence-electron chi connectivity index (χ4n) is 3.09. The van der Waals surface area contributed by atoms with Crippen LogP contribution in [-0.4, -0.2) is 34.6 Å². The van der Waals surface area contributed by atoms with Gasteiger partial charge < -0.3 is 5.11 Å². The van der Waals surface area contributed by atoms with E-state index in [1.165, 1.54) is 0 Å². The summed E-state index contributed by atoms with van der Waals surface area (Å²) >= 11 is 0. The minimum Gasteiger partial charge on any atom is -0.480 e. The molecule has 3 atom stereocenters. The van der Waals surface area contributed by atoms with Crippen molar-refractivity contribution in [2.24, 2.45) is 5.92 Å². The lowest BCUT2D eigenvalue weighted by molar-refractivity contribution is -0.146. The van der Waals surface area contributed by atoms with Crippen molar-refractivity contribution >= 4 is 5.97 Å². The second-order valence-corrected chi connectivity index (χ2v) is 5.06. The molecule has 3 unspecified atom stereocenters. The van der Waals surface area contributed by atoms with Gasteiger partial charge in [0.15, 0.2) is 0 Å². The summed E-state index contributed by atoms with van der Waals surface area (Å²) in [6.45, 7) is 3.11.